The van der Waals surface area contributed by atoms with Crippen molar-refractivity contribution in [2.24, 2.45) is 0 Å². The number of hydrogen-bond acceptors (Lipinski definition) is 6. The first-order valence-electron chi connectivity index (χ1n) is 19.9. The second-order valence-electron chi connectivity index (χ2n) is 14.2. The van der Waals surface area contributed by atoms with E-state index in [1.165, 1.54) is 25.7 Å². The lowest BCUT2D eigenvalue weighted by Gasteiger charge is -2.31. The van der Waals surface area contributed by atoms with Crippen molar-refractivity contribution in [3.8, 4) is 0 Å². The summed E-state index contributed by atoms with van der Waals surface area (Å²) in [5, 5.41) is 9.59. The van der Waals surface area contributed by atoms with Gasteiger partial charge in [0.1, 0.15) is 6.61 Å². The van der Waals surface area contributed by atoms with Crippen LogP contribution in [0.2, 0.25) is 0 Å². The van der Waals surface area contributed by atoms with Gasteiger partial charge in [-0.15, -0.1) is 0 Å². The number of allylic oxidation sites excluding steroid dienone is 10. The third-order valence-corrected chi connectivity index (χ3v) is 8.47. The minimum absolute atomic E-state index is 0.0487. The minimum atomic E-state index is -0.883. The largest absolute Gasteiger partial charge is 0.477 e. The molecule has 8 heteroatoms. The van der Waals surface area contributed by atoms with E-state index >= 15 is 0 Å². The molecule has 8 nitrogen and oxygen atoms in total. The molecule has 51 heavy (non-hydrogen) atoms. The van der Waals surface area contributed by atoms with Crippen molar-refractivity contribution in [3.63, 3.8) is 0 Å². The molecule has 2 unspecified atom stereocenters. The molecule has 0 amide bonds. The lowest BCUT2D eigenvalue weighted by atomic mass is 10.1. The van der Waals surface area contributed by atoms with Gasteiger partial charge in [0.05, 0.1) is 34.4 Å². The molecule has 0 aliphatic rings. The molecule has 292 valence electrons. The molecule has 0 fully saturated rings. The maximum absolute atomic E-state index is 12.6. The van der Waals surface area contributed by atoms with Gasteiger partial charge in [0.25, 0.3) is 0 Å². The summed E-state index contributed by atoms with van der Waals surface area (Å²) in [5.74, 6) is -1.51. The van der Waals surface area contributed by atoms with Crippen molar-refractivity contribution >= 4 is 17.9 Å². The highest BCUT2D eigenvalue weighted by Crippen LogP contribution is 2.13. The maximum Gasteiger partial charge on any atom is 0.362 e. The Morgan fingerprint density at radius 3 is 1.73 bits per heavy atom. The van der Waals surface area contributed by atoms with Gasteiger partial charge in [0.2, 0.25) is 0 Å². The average Bonchev–Trinajstić information content (AvgIpc) is 3.08. The predicted molar refractivity (Wildman–Crippen MR) is 211 cm³/mol. The number of quaternary nitrogens is 1. The van der Waals surface area contributed by atoms with Crippen molar-refractivity contribution in [2.75, 3.05) is 41.0 Å². The van der Waals surface area contributed by atoms with Crippen LogP contribution < -0.4 is 0 Å². The molecule has 0 aromatic heterocycles. The molecule has 0 aromatic carbocycles. The molecule has 0 aliphatic heterocycles. The van der Waals surface area contributed by atoms with Gasteiger partial charge in [-0.1, -0.05) is 126 Å². The van der Waals surface area contributed by atoms with Gasteiger partial charge >= 0.3 is 17.9 Å². The second kappa shape index (κ2) is 34.1. The normalized spacial score (nSPS) is 13.7. The zero-order chi connectivity index (χ0) is 37.8. The lowest BCUT2D eigenvalue weighted by Crippen LogP contribution is -2.50. The Kier molecular flexibility index (Phi) is 32.1. The number of rotatable bonds is 34. The Hall–Kier alpha value is -2.97. The van der Waals surface area contributed by atoms with E-state index < -0.39 is 18.1 Å². The Labute approximate surface area is 311 Å². The van der Waals surface area contributed by atoms with E-state index in [4.69, 9.17) is 14.2 Å². The Morgan fingerprint density at radius 1 is 0.608 bits per heavy atom. The summed E-state index contributed by atoms with van der Waals surface area (Å²) in [7, 11) is 5.50. The van der Waals surface area contributed by atoms with Gasteiger partial charge < -0.3 is 23.8 Å². The zero-order valence-corrected chi connectivity index (χ0v) is 33.0. The number of aliphatic carboxylic acids is 1. The number of hydrogen-bond donors (Lipinski definition) is 1. The number of carboxylic acids is 1. The van der Waals surface area contributed by atoms with Gasteiger partial charge in [0.15, 0.2) is 12.1 Å². The minimum Gasteiger partial charge on any atom is -0.477 e. The Morgan fingerprint density at radius 2 is 1.14 bits per heavy atom. The van der Waals surface area contributed by atoms with Crippen LogP contribution >= 0.6 is 0 Å². The topological polar surface area (TPSA) is 99.1 Å². The molecule has 0 saturated carbocycles. The van der Waals surface area contributed by atoms with E-state index in [-0.39, 0.29) is 36.2 Å². The highest BCUT2D eigenvalue weighted by molar-refractivity contribution is 5.72. The quantitative estimate of drug-likeness (QED) is 0.0233. The van der Waals surface area contributed by atoms with Gasteiger partial charge in [-0.3, -0.25) is 9.59 Å². The molecule has 0 aromatic rings. The standard InChI is InChI=1S/C43H73NO7/c1-6-8-10-12-14-16-18-20-21-22-24-25-27-29-31-33-41(45)50-38-39(37-49-36-35-40(43(47)48)44(3,4)5)51-42(46)34-32-30-28-26-23-19-17-15-13-11-9-7-2/h8-12,14-18,39-40H,6-7,13,19-38H2,1-5H3/p+1/b10-8+,11-9+,14-12+,17-15+,18-16+. The van der Waals surface area contributed by atoms with Crippen LogP contribution in [0.4, 0.5) is 0 Å². The average molecular weight is 717 g/mol. The van der Waals surface area contributed by atoms with Crippen LogP contribution in [0, 0.1) is 0 Å². The molecular weight excluding hydrogens is 642 g/mol. The molecule has 0 spiro atoms. The zero-order valence-electron chi connectivity index (χ0n) is 33.0. The number of carbonyl (C=O) groups excluding carboxylic acids is 2. The summed E-state index contributed by atoms with van der Waals surface area (Å²) in [5.41, 5.74) is 0. The molecule has 0 radical (unpaired) electrons. The van der Waals surface area contributed by atoms with E-state index in [1.807, 2.05) is 21.1 Å². The van der Waals surface area contributed by atoms with Crippen LogP contribution in [0.15, 0.2) is 60.8 Å². The van der Waals surface area contributed by atoms with E-state index in [0.29, 0.717) is 19.3 Å². The predicted octanol–water partition coefficient (Wildman–Crippen LogP) is 10.2. The summed E-state index contributed by atoms with van der Waals surface area (Å²) in [4.78, 5) is 36.8. The summed E-state index contributed by atoms with van der Waals surface area (Å²) >= 11 is 0. The third-order valence-electron chi connectivity index (χ3n) is 8.47. The van der Waals surface area contributed by atoms with Crippen LogP contribution in [0.1, 0.15) is 142 Å². The van der Waals surface area contributed by atoms with E-state index in [9.17, 15) is 19.5 Å². The van der Waals surface area contributed by atoms with E-state index in [0.717, 1.165) is 83.5 Å². The van der Waals surface area contributed by atoms with Gasteiger partial charge in [0, 0.05) is 19.3 Å². The number of ether oxygens (including phenoxy) is 3. The summed E-state index contributed by atoms with van der Waals surface area (Å²) in [6.07, 6.45) is 39.8. The number of unbranched alkanes of at least 4 members (excludes halogenated alkanes) is 12. The molecule has 0 bridgehead atoms. The fraction of sp³-hybridized carbons (Fsp3) is 0.698. The summed E-state index contributed by atoms with van der Waals surface area (Å²) in [6, 6.07) is -0.620. The molecule has 0 heterocycles. The van der Waals surface area contributed by atoms with Gasteiger partial charge in [-0.05, 0) is 57.8 Å². The molecule has 2 atom stereocenters. The second-order valence-corrected chi connectivity index (χ2v) is 14.2. The molecule has 0 aliphatic carbocycles. The smallest absolute Gasteiger partial charge is 0.362 e. The first kappa shape index (κ1) is 48.0. The number of carboxylic acid groups (broad SMARTS) is 1. The summed E-state index contributed by atoms with van der Waals surface area (Å²) in [6.45, 7) is 4.44. The van der Waals surface area contributed by atoms with Gasteiger partial charge in [-0.2, -0.15) is 0 Å². The number of carbonyl (C=O) groups is 3. The fourth-order valence-electron chi connectivity index (χ4n) is 5.42. The van der Waals surface area contributed by atoms with Crippen molar-refractivity contribution in [2.45, 2.75) is 154 Å². The molecular formula is C43H74NO7+. The highest BCUT2D eigenvalue weighted by atomic mass is 16.6. The number of esters is 2. The third kappa shape index (κ3) is 32.7. The maximum atomic E-state index is 12.6. The van der Waals surface area contributed by atoms with Crippen molar-refractivity contribution in [3.05, 3.63) is 60.8 Å². The first-order valence-corrected chi connectivity index (χ1v) is 19.9. The molecule has 0 rings (SSSR count). The SMILES string of the molecule is CC/C=C/C=C/C=C/CCCCCCCCCC(=O)OCC(COCCC(C(=O)O)[N+](C)(C)C)OC(=O)CCCCCCC/C=C/C/C=C/CC. The fourth-order valence-corrected chi connectivity index (χ4v) is 5.42. The molecule has 1 N–H and O–H groups in total. The number of likely N-dealkylation sites (N-methyl/N-ethyl adjacent to an activating group) is 1. The van der Waals surface area contributed by atoms with Gasteiger partial charge in [-0.25, -0.2) is 4.79 Å². The van der Waals surface area contributed by atoms with Crippen molar-refractivity contribution in [1.29, 1.82) is 0 Å². The number of nitrogens with zero attached hydrogens (tertiary/aromatic N) is 1. The highest BCUT2D eigenvalue weighted by Gasteiger charge is 2.31. The van der Waals surface area contributed by atoms with E-state index in [1.54, 1.807) is 0 Å². The Balaban J connectivity index is 4.43. The van der Waals surface area contributed by atoms with Crippen LogP contribution in [0.25, 0.3) is 0 Å². The van der Waals surface area contributed by atoms with Crippen LogP contribution in [0.3, 0.4) is 0 Å². The first-order chi connectivity index (χ1) is 24.6. The monoisotopic (exact) mass is 717 g/mol. The van der Waals surface area contributed by atoms with E-state index in [2.05, 4.69) is 74.6 Å². The van der Waals surface area contributed by atoms with Crippen LogP contribution in [0.5, 0.6) is 0 Å². The summed E-state index contributed by atoms with van der Waals surface area (Å²) < 4.78 is 17.2. The van der Waals surface area contributed by atoms with Crippen LogP contribution in [-0.2, 0) is 28.6 Å². The molecule has 0 saturated heterocycles. The van der Waals surface area contributed by atoms with Crippen LogP contribution in [-0.4, -0.2) is 80.6 Å². The lowest BCUT2D eigenvalue weighted by molar-refractivity contribution is -0.887. The van der Waals surface area contributed by atoms with Crippen molar-refractivity contribution in [1.82, 2.24) is 0 Å². The van der Waals surface area contributed by atoms with Crippen molar-refractivity contribution < 1.29 is 38.2 Å². The Bertz CT molecular complexity index is 1020.